The molecular weight excluding hydrogens is 406 g/mol. The second-order valence-electron chi connectivity index (χ2n) is 7.83. The number of nitrogens with zero attached hydrogens (tertiary/aromatic N) is 1. The molecule has 1 heterocycles. The lowest BCUT2D eigenvalue weighted by Gasteiger charge is -2.24. The number of hydrogen-bond acceptors (Lipinski definition) is 6. The number of carbonyl (C=O) groups excluding carboxylic acids is 1. The van der Waals surface area contributed by atoms with Crippen molar-refractivity contribution >= 4 is 27.8 Å². The molecule has 1 aliphatic rings. The van der Waals surface area contributed by atoms with Crippen LogP contribution in [-0.4, -0.2) is 77.1 Å². The average Bonchev–Trinajstić information content (AvgIpc) is 2.84. The summed E-state index contributed by atoms with van der Waals surface area (Å²) in [6.07, 6.45) is 0.977. The molecule has 6 heteroatoms. The zero-order chi connectivity index (χ0) is 22.0. The molecule has 0 unspecified atom stereocenters. The van der Waals surface area contributed by atoms with Gasteiger partial charge in [0.05, 0.1) is 52.9 Å². The largest absolute Gasteiger partial charge is 0.378 e. The molecule has 0 amide bonds. The lowest BCUT2D eigenvalue weighted by atomic mass is 9.92. The zero-order valence-electron chi connectivity index (χ0n) is 18.5. The third-order valence-corrected chi connectivity index (χ3v) is 5.80. The Kier molecular flexibility index (Phi) is 8.59. The predicted octanol–water partition coefficient (Wildman–Crippen LogP) is 3.69. The summed E-state index contributed by atoms with van der Waals surface area (Å²) < 4.78 is 22.6. The van der Waals surface area contributed by atoms with E-state index in [1.54, 1.807) is 0 Å². The van der Waals surface area contributed by atoms with Gasteiger partial charge in [0, 0.05) is 25.2 Å². The molecule has 1 saturated heterocycles. The minimum atomic E-state index is 0.572. The van der Waals surface area contributed by atoms with E-state index in [1.807, 2.05) is 36.4 Å². The molecule has 170 valence electrons. The van der Waals surface area contributed by atoms with Crippen LogP contribution in [-0.2, 0) is 25.5 Å². The number of carbonyl (C=O) groups is 1. The molecule has 3 aromatic carbocycles. The Balaban J connectivity index is 1.61. The molecule has 0 saturated carbocycles. The van der Waals surface area contributed by atoms with Crippen LogP contribution < -0.4 is 0 Å². The van der Waals surface area contributed by atoms with E-state index in [0.717, 1.165) is 53.0 Å². The second-order valence-corrected chi connectivity index (χ2v) is 7.83. The van der Waals surface area contributed by atoms with Gasteiger partial charge in [0.1, 0.15) is 0 Å². The van der Waals surface area contributed by atoms with Crippen LogP contribution in [0.4, 0.5) is 0 Å². The molecule has 6 nitrogen and oxygen atoms in total. The standard InChI is InChI=1S/C26H31NO5/c28-20-26-23-7-3-1-5-21(23)25(22-6-2-4-8-24(22)26)19-27-9-11-29-13-15-31-17-18-32-16-14-30-12-10-27/h1-8,20H,9-19H2. The van der Waals surface area contributed by atoms with Gasteiger partial charge in [0.2, 0.25) is 0 Å². The van der Waals surface area contributed by atoms with Crippen LogP contribution in [0.25, 0.3) is 21.5 Å². The smallest absolute Gasteiger partial charge is 0.151 e. The van der Waals surface area contributed by atoms with Crippen molar-refractivity contribution < 1.29 is 23.7 Å². The highest BCUT2D eigenvalue weighted by molar-refractivity contribution is 6.14. The van der Waals surface area contributed by atoms with Gasteiger partial charge in [-0.25, -0.2) is 0 Å². The van der Waals surface area contributed by atoms with Crippen LogP contribution >= 0.6 is 0 Å². The van der Waals surface area contributed by atoms with Crippen LogP contribution in [0.2, 0.25) is 0 Å². The van der Waals surface area contributed by atoms with E-state index in [9.17, 15) is 4.79 Å². The maximum absolute atomic E-state index is 12.0. The summed E-state index contributed by atoms with van der Waals surface area (Å²) in [6, 6.07) is 16.3. The first-order chi connectivity index (χ1) is 15.9. The number of rotatable bonds is 3. The molecule has 32 heavy (non-hydrogen) atoms. The van der Waals surface area contributed by atoms with Crippen molar-refractivity contribution in [1.82, 2.24) is 4.90 Å². The Bertz CT molecular complexity index is 949. The number of aldehydes is 1. The minimum Gasteiger partial charge on any atom is -0.378 e. The predicted molar refractivity (Wildman–Crippen MR) is 125 cm³/mol. The molecule has 0 radical (unpaired) electrons. The molecule has 0 N–H and O–H groups in total. The maximum Gasteiger partial charge on any atom is 0.151 e. The average molecular weight is 438 g/mol. The highest BCUT2D eigenvalue weighted by Crippen LogP contribution is 2.32. The molecule has 0 aliphatic carbocycles. The van der Waals surface area contributed by atoms with Crippen LogP contribution in [0.3, 0.4) is 0 Å². The quantitative estimate of drug-likeness (QED) is 0.460. The van der Waals surface area contributed by atoms with E-state index in [2.05, 4.69) is 17.0 Å². The van der Waals surface area contributed by atoms with Crippen molar-refractivity contribution in [3.63, 3.8) is 0 Å². The van der Waals surface area contributed by atoms with Crippen molar-refractivity contribution in [3.8, 4) is 0 Å². The number of fused-ring (bicyclic) bond motifs is 2. The lowest BCUT2D eigenvalue weighted by molar-refractivity contribution is 0.00206. The zero-order valence-corrected chi connectivity index (χ0v) is 18.5. The number of benzene rings is 3. The SMILES string of the molecule is O=Cc1c2ccccc2c(CN2CCOCCOCCOCCOCC2)c2ccccc12. The second kappa shape index (κ2) is 12.0. The van der Waals surface area contributed by atoms with Crippen molar-refractivity contribution in [3.05, 3.63) is 59.7 Å². The van der Waals surface area contributed by atoms with E-state index in [0.29, 0.717) is 52.9 Å². The van der Waals surface area contributed by atoms with Gasteiger partial charge in [0.15, 0.2) is 6.29 Å². The van der Waals surface area contributed by atoms with Gasteiger partial charge in [-0.2, -0.15) is 0 Å². The summed E-state index contributed by atoms with van der Waals surface area (Å²) in [6.45, 7) is 7.03. The molecule has 4 rings (SSSR count). The van der Waals surface area contributed by atoms with Crippen molar-refractivity contribution in [1.29, 1.82) is 0 Å². The molecule has 0 spiro atoms. The van der Waals surface area contributed by atoms with E-state index in [4.69, 9.17) is 18.9 Å². The Morgan fingerprint density at radius 2 is 1.03 bits per heavy atom. The van der Waals surface area contributed by atoms with E-state index in [-0.39, 0.29) is 0 Å². The van der Waals surface area contributed by atoms with Gasteiger partial charge in [-0.15, -0.1) is 0 Å². The summed E-state index contributed by atoms with van der Waals surface area (Å²) in [7, 11) is 0. The van der Waals surface area contributed by atoms with Gasteiger partial charge in [-0.3, -0.25) is 9.69 Å². The van der Waals surface area contributed by atoms with Crippen molar-refractivity contribution in [2.45, 2.75) is 6.54 Å². The fourth-order valence-corrected chi connectivity index (χ4v) is 4.19. The molecule has 3 aromatic rings. The first-order valence-electron chi connectivity index (χ1n) is 11.3. The van der Waals surface area contributed by atoms with Gasteiger partial charge >= 0.3 is 0 Å². The van der Waals surface area contributed by atoms with E-state index >= 15 is 0 Å². The Morgan fingerprint density at radius 1 is 0.625 bits per heavy atom. The third-order valence-electron chi connectivity index (χ3n) is 5.80. The molecule has 1 aliphatic heterocycles. The monoisotopic (exact) mass is 437 g/mol. The molecule has 0 bridgehead atoms. The van der Waals surface area contributed by atoms with Gasteiger partial charge in [-0.05, 0) is 27.1 Å². The minimum absolute atomic E-state index is 0.572. The van der Waals surface area contributed by atoms with Gasteiger partial charge in [0.25, 0.3) is 0 Å². The van der Waals surface area contributed by atoms with Gasteiger partial charge in [-0.1, -0.05) is 48.5 Å². The third kappa shape index (κ3) is 5.71. The number of hydrogen-bond donors (Lipinski definition) is 0. The van der Waals surface area contributed by atoms with Crippen LogP contribution in [0.1, 0.15) is 15.9 Å². The molecular formula is C26H31NO5. The lowest BCUT2D eigenvalue weighted by Crippen LogP contribution is -2.31. The Labute approximate surface area is 189 Å². The fraction of sp³-hybridized carbons (Fsp3) is 0.423. The highest BCUT2D eigenvalue weighted by Gasteiger charge is 2.16. The van der Waals surface area contributed by atoms with Crippen LogP contribution in [0.15, 0.2) is 48.5 Å². The molecule has 0 atom stereocenters. The van der Waals surface area contributed by atoms with Crippen molar-refractivity contribution in [2.75, 3.05) is 65.9 Å². The first-order valence-corrected chi connectivity index (χ1v) is 11.3. The Hall–Kier alpha value is -2.35. The normalized spacial score (nSPS) is 18.2. The summed E-state index contributed by atoms with van der Waals surface area (Å²) in [5.41, 5.74) is 1.98. The highest BCUT2D eigenvalue weighted by atomic mass is 16.6. The van der Waals surface area contributed by atoms with Crippen molar-refractivity contribution in [2.24, 2.45) is 0 Å². The summed E-state index contributed by atoms with van der Waals surface area (Å²) in [4.78, 5) is 14.3. The Morgan fingerprint density at radius 3 is 1.47 bits per heavy atom. The molecule has 1 fully saturated rings. The summed E-state index contributed by atoms with van der Waals surface area (Å²) in [5, 5.41) is 4.23. The van der Waals surface area contributed by atoms with E-state index in [1.165, 1.54) is 5.56 Å². The van der Waals surface area contributed by atoms with E-state index < -0.39 is 0 Å². The van der Waals surface area contributed by atoms with Gasteiger partial charge < -0.3 is 18.9 Å². The summed E-state index contributed by atoms with van der Waals surface area (Å²) >= 11 is 0. The first kappa shape index (κ1) is 22.8. The topological polar surface area (TPSA) is 57.2 Å². The maximum atomic E-state index is 12.0. The number of ether oxygens (including phenoxy) is 4. The van der Waals surface area contributed by atoms with Crippen LogP contribution in [0.5, 0.6) is 0 Å². The molecule has 0 aromatic heterocycles. The fourth-order valence-electron chi connectivity index (χ4n) is 4.19. The summed E-state index contributed by atoms with van der Waals surface area (Å²) in [5.74, 6) is 0. The van der Waals surface area contributed by atoms with Crippen LogP contribution in [0, 0.1) is 0 Å².